The minimum Gasteiger partial charge on any atom is -0.352 e. The molecule has 1 saturated heterocycles. The van der Waals surface area contributed by atoms with E-state index in [0.29, 0.717) is 54.1 Å². The molecule has 37 heavy (non-hydrogen) atoms. The van der Waals surface area contributed by atoms with Crippen LogP contribution in [0.1, 0.15) is 63.7 Å². The molecule has 1 N–H and O–H groups in total. The number of carbonyl (C=O) groups excluding carboxylic acids is 2. The Hall–Kier alpha value is -4.08. The lowest BCUT2D eigenvalue weighted by atomic mass is 9.95. The number of aromatic nitrogens is 6. The smallest absolute Gasteiger partial charge is 0.254 e. The van der Waals surface area contributed by atoms with Gasteiger partial charge < -0.3 is 10.2 Å². The SMILES string of the molecule is Cc1nn(-c2ccccn2)c2nc(C3CC3)cc(C(=O)N3CCC(CNC(=O)c4cnn(C)c4)CC3)c12. The predicted octanol–water partition coefficient (Wildman–Crippen LogP) is 3.02. The fourth-order valence-electron chi connectivity index (χ4n) is 5.09. The van der Waals surface area contributed by atoms with Crippen LogP contribution in [0.25, 0.3) is 16.9 Å². The number of amides is 2. The maximum Gasteiger partial charge on any atom is 0.254 e. The van der Waals surface area contributed by atoms with Gasteiger partial charge in [-0.15, -0.1) is 0 Å². The number of nitrogens with zero attached hydrogens (tertiary/aromatic N) is 7. The highest BCUT2D eigenvalue weighted by molar-refractivity contribution is 6.07. The summed E-state index contributed by atoms with van der Waals surface area (Å²) in [4.78, 5) is 37.5. The van der Waals surface area contributed by atoms with E-state index in [1.54, 1.807) is 35.0 Å². The third-order valence-electron chi connectivity index (χ3n) is 7.35. The molecule has 190 valence electrons. The number of rotatable bonds is 6. The molecule has 4 aromatic rings. The van der Waals surface area contributed by atoms with E-state index in [1.807, 2.05) is 36.1 Å². The van der Waals surface area contributed by atoms with Gasteiger partial charge in [-0.2, -0.15) is 14.9 Å². The molecule has 0 unspecified atom stereocenters. The number of hydrogen-bond donors (Lipinski definition) is 1. The summed E-state index contributed by atoms with van der Waals surface area (Å²) in [6, 6.07) is 7.68. The van der Waals surface area contributed by atoms with E-state index >= 15 is 0 Å². The number of aryl methyl sites for hydroxylation is 2. The number of carbonyl (C=O) groups is 2. The fraction of sp³-hybridized carbons (Fsp3) is 0.407. The fourth-order valence-corrected chi connectivity index (χ4v) is 5.09. The average Bonchev–Trinajstić information content (AvgIpc) is 3.61. The van der Waals surface area contributed by atoms with Crippen molar-refractivity contribution in [2.45, 2.75) is 38.5 Å². The molecule has 1 saturated carbocycles. The quantitative estimate of drug-likeness (QED) is 0.438. The summed E-state index contributed by atoms with van der Waals surface area (Å²) in [6.07, 6.45) is 8.89. The molecule has 2 amide bonds. The number of fused-ring (bicyclic) bond motifs is 1. The van der Waals surface area contributed by atoms with Gasteiger partial charge in [0.1, 0.15) is 0 Å². The molecule has 0 bridgehead atoms. The Bertz CT molecular complexity index is 1460. The molecule has 2 aliphatic rings. The minimum absolute atomic E-state index is 0.0239. The largest absolute Gasteiger partial charge is 0.352 e. The van der Waals surface area contributed by atoms with Crippen LogP contribution in [0, 0.1) is 12.8 Å². The zero-order chi connectivity index (χ0) is 25.5. The molecule has 1 aliphatic heterocycles. The Kier molecular flexibility index (Phi) is 5.94. The normalized spacial score (nSPS) is 16.3. The maximum absolute atomic E-state index is 13.8. The summed E-state index contributed by atoms with van der Waals surface area (Å²) >= 11 is 0. The van der Waals surface area contributed by atoms with Crippen molar-refractivity contribution in [1.29, 1.82) is 0 Å². The summed E-state index contributed by atoms with van der Waals surface area (Å²) in [5, 5.41) is 12.6. The molecular weight excluding hydrogens is 468 g/mol. The van der Waals surface area contributed by atoms with Crippen molar-refractivity contribution in [2.75, 3.05) is 19.6 Å². The van der Waals surface area contributed by atoms with Gasteiger partial charge in [-0.05, 0) is 56.7 Å². The first kappa shape index (κ1) is 23.3. The van der Waals surface area contributed by atoms with Gasteiger partial charge in [-0.3, -0.25) is 14.3 Å². The predicted molar refractivity (Wildman–Crippen MR) is 138 cm³/mol. The number of piperidine rings is 1. The van der Waals surface area contributed by atoms with Crippen molar-refractivity contribution in [3.63, 3.8) is 0 Å². The zero-order valence-electron chi connectivity index (χ0n) is 21.1. The van der Waals surface area contributed by atoms with Crippen LogP contribution in [0.4, 0.5) is 0 Å². The molecule has 10 heteroatoms. The van der Waals surface area contributed by atoms with Gasteiger partial charge in [-0.25, -0.2) is 9.97 Å². The molecule has 6 rings (SSSR count). The van der Waals surface area contributed by atoms with E-state index in [9.17, 15) is 9.59 Å². The van der Waals surface area contributed by atoms with Crippen molar-refractivity contribution in [1.82, 2.24) is 39.7 Å². The minimum atomic E-state index is -0.112. The summed E-state index contributed by atoms with van der Waals surface area (Å²) in [6.45, 7) is 3.83. The van der Waals surface area contributed by atoms with E-state index in [0.717, 1.165) is 42.5 Å². The highest BCUT2D eigenvalue weighted by Gasteiger charge is 2.31. The summed E-state index contributed by atoms with van der Waals surface area (Å²) in [5.41, 5.74) is 3.66. The van der Waals surface area contributed by atoms with Crippen molar-refractivity contribution < 1.29 is 9.59 Å². The lowest BCUT2D eigenvalue weighted by molar-refractivity contribution is 0.0686. The summed E-state index contributed by atoms with van der Waals surface area (Å²) < 4.78 is 3.37. The second-order valence-electron chi connectivity index (χ2n) is 10.1. The first-order valence-corrected chi connectivity index (χ1v) is 12.9. The number of hydrogen-bond acceptors (Lipinski definition) is 6. The number of nitrogens with one attached hydrogen (secondary N) is 1. The van der Waals surface area contributed by atoms with Crippen LogP contribution in [0.15, 0.2) is 42.9 Å². The van der Waals surface area contributed by atoms with E-state index < -0.39 is 0 Å². The van der Waals surface area contributed by atoms with Crippen molar-refractivity contribution >= 4 is 22.8 Å². The third kappa shape index (κ3) is 4.59. The monoisotopic (exact) mass is 498 g/mol. The molecule has 0 atom stereocenters. The van der Waals surface area contributed by atoms with Gasteiger partial charge in [0.2, 0.25) is 0 Å². The first-order chi connectivity index (χ1) is 18.0. The van der Waals surface area contributed by atoms with E-state index in [-0.39, 0.29) is 11.8 Å². The summed E-state index contributed by atoms with van der Waals surface area (Å²) in [7, 11) is 1.79. The molecule has 0 radical (unpaired) electrons. The van der Waals surface area contributed by atoms with Crippen molar-refractivity contribution in [2.24, 2.45) is 13.0 Å². The van der Waals surface area contributed by atoms with Crippen LogP contribution in [-0.2, 0) is 7.05 Å². The zero-order valence-corrected chi connectivity index (χ0v) is 21.1. The second kappa shape index (κ2) is 9.42. The van der Waals surface area contributed by atoms with Crippen LogP contribution in [0.3, 0.4) is 0 Å². The standard InChI is InChI=1S/C27H30N8O2/c1-17-24-21(13-22(19-6-7-19)31-25(24)35(32-17)23-5-3-4-10-28-23)27(37)34-11-8-18(9-12-34)14-29-26(36)20-15-30-33(2)16-20/h3-5,10,13,15-16,18-19H,6-9,11-12,14H2,1-2H3,(H,29,36). The van der Waals surface area contributed by atoms with Crippen LogP contribution < -0.4 is 5.32 Å². The molecule has 0 spiro atoms. The molecular formula is C27H30N8O2. The lowest BCUT2D eigenvalue weighted by Gasteiger charge is -2.32. The van der Waals surface area contributed by atoms with Crippen LogP contribution in [0.5, 0.6) is 0 Å². The topological polar surface area (TPSA) is 111 Å². The highest BCUT2D eigenvalue weighted by atomic mass is 16.2. The van der Waals surface area contributed by atoms with E-state index in [4.69, 9.17) is 10.1 Å². The van der Waals surface area contributed by atoms with Crippen LogP contribution >= 0.6 is 0 Å². The van der Waals surface area contributed by atoms with Crippen molar-refractivity contribution in [3.05, 3.63) is 65.4 Å². The van der Waals surface area contributed by atoms with Crippen LogP contribution in [0.2, 0.25) is 0 Å². The Balaban J connectivity index is 1.20. The molecule has 2 fully saturated rings. The molecule has 1 aliphatic carbocycles. The first-order valence-electron chi connectivity index (χ1n) is 12.9. The Morgan fingerprint density at radius 2 is 1.95 bits per heavy atom. The van der Waals surface area contributed by atoms with Gasteiger partial charge in [0, 0.05) is 50.7 Å². The van der Waals surface area contributed by atoms with E-state index in [2.05, 4.69) is 15.4 Å². The van der Waals surface area contributed by atoms with Crippen LogP contribution in [-0.4, -0.2) is 65.9 Å². The van der Waals surface area contributed by atoms with Gasteiger partial charge in [0.25, 0.3) is 11.8 Å². The van der Waals surface area contributed by atoms with Gasteiger partial charge in [0.05, 0.1) is 28.4 Å². The maximum atomic E-state index is 13.8. The Morgan fingerprint density at radius 3 is 2.62 bits per heavy atom. The Morgan fingerprint density at radius 1 is 1.14 bits per heavy atom. The number of pyridine rings is 2. The Labute approximate surface area is 214 Å². The molecule has 10 nitrogen and oxygen atoms in total. The third-order valence-corrected chi connectivity index (χ3v) is 7.35. The van der Waals surface area contributed by atoms with E-state index in [1.165, 1.54) is 0 Å². The average molecular weight is 499 g/mol. The van der Waals surface area contributed by atoms with Gasteiger partial charge in [-0.1, -0.05) is 6.07 Å². The van der Waals surface area contributed by atoms with Crippen molar-refractivity contribution in [3.8, 4) is 5.82 Å². The lowest BCUT2D eigenvalue weighted by Crippen LogP contribution is -2.41. The van der Waals surface area contributed by atoms with Gasteiger partial charge >= 0.3 is 0 Å². The second-order valence-corrected chi connectivity index (χ2v) is 10.1. The number of likely N-dealkylation sites (tertiary alicyclic amines) is 1. The molecule has 4 aromatic heterocycles. The van der Waals surface area contributed by atoms with Gasteiger partial charge in [0.15, 0.2) is 11.5 Å². The molecule has 5 heterocycles. The molecule has 0 aromatic carbocycles. The summed E-state index contributed by atoms with van der Waals surface area (Å²) in [5.74, 6) is 1.33. The highest BCUT2D eigenvalue weighted by Crippen LogP contribution is 2.41.